The number of methoxy groups -OCH3 is 1. The van der Waals surface area contributed by atoms with Gasteiger partial charge in [0.05, 0.1) is 5.92 Å². The van der Waals surface area contributed by atoms with Crippen LogP contribution in [0.4, 0.5) is 0 Å². The van der Waals surface area contributed by atoms with Gasteiger partial charge in [0.1, 0.15) is 0 Å². The molecule has 3 nitrogen and oxygen atoms in total. The van der Waals surface area contributed by atoms with Gasteiger partial charge < -0.3 is 9.84 Å². The van der Waals surface area contributed by atoms with E-state index in [-0.39, 0.29) is 11.8 Å². The highest BCUT2D eigenvalue weighted by Crippen LogP contribution is 2.38. The minimum atomic E-state index is -0.683. The third kappa shape index (κ3) is 1.42. The van der Waals surface area contributed by atoms with Crippen molar-refractivity contribution in [1.29, 1.82) is 0 Å². The van der Waals surface area contributed by atoms with Crippen molar-refractivity contribution in [2.45, 2.75) is 6.42 Å². The average Bonchev–Trinajstić information content (AvgIpc) is 2.47. The average molecular weight is 130 g/mol. The molecule has 2 atom stereocenters. The van der Waals surface area contributed by atoms with Crippen molar-refractivity contribution < 1.29 is 14.6 Å². The normalized spacial score (nSPS) is 32.1. The Balaban J connectivity index is 2.17. The third-order valence-electron chi connectivity index (χ3n) is 1.62. The number of rotatable bonds is 3. The lowest BCUT2D eigenvalue weighted by Gasteiger charge is -1.91. The molecule has 1 rings (SSSR count). The quantitative estimate of drug-likeness (QED) is 0.599. The zero-order valence-electron chi connectivity index (χ0n) is 5.33. The highest BCUT2D eigenvalue weighted by Gasteiger charge is 2.42. The Labute approximate surface area is 53.6 Å². The molecule has 1 aliphatic carbocycles. The van der Waals surface area contributed by atoms with Gasteiger partial charge in [-0.25, -0.2) is 0 Å². The van der Waals surface area contributed by atoms with Gasteiger partial charge in [0, 0.05) is 13.7 Å². The number of ether oxygens (including phenoxy) is 1. The van der Waals surface area contributed by atoms with Gasteiger partial charge in [-0.15, -0.1) is 0 Å². The molecule has 0 heterocycles. The summed E-state index contributed by atoms with van der Waals surface area (Å²) >= 11 is 0. The zero-order chi connectivity index (χ0) is 6.85. The molecule has 2 unspecified atom stereocenters. The molecule has 0 aliphatic heterocycles. The first-order valence-electron chi connectivity index (χ1n) is 2.97. The van der Waals surface area contributed by atoms with E-state index in [1.165, 1.54) is 0 Å². The van der Waals surface area contributed by atoms with Crippen molar-refractivity contribution in [3.8, 4) is 0 Å². The number of carboxylic acids is 1. The summed E-state index contributed by atoms with van der Waals surface area (Å²) in [6.07, 6.45) is 0.795. The zero-order valence-corrected chi connectivity index (χ0v) is 5.33. The minimum absolute atomic E-state index is 0.120. The fourth-order valence-corrected chi connectivity index (χ4v) is 0.948. The van der Waals surface area contributed by atoms with Crippen molar-refractivity contribution in [3.63, 3.8) is 0 Å². The van der Waals surface area contributed by atoms with Gasteiger partial charge >= 0.3 is 5.97 Å². The fraction of sp³-hybridized carbons (Fsp3) is 0.833. The Morgan fingerprint density at radius 3 is 2.89 bits per heavy atom. The largest absolute Gasteiger partial charge is 0.481 e. The molecule has 0 aromatic carbocycles. The van der Waals surface area contributed by atoms with Crippen molar-refractivity contribution in [3.05, 3.63) is 0 Å². The van der Waals surface area contributed by atoms with Crippen LogP contribution in [-0.2, 0) is 9.53 Å². The topological polar surface area (TPSA) is 46.5 Å². The van der Waals surface area contributed by atoms with Gasteiger partial charge in [0.15, 0.2) is 0 Å². The maximum Gasteiger partial charge on any atom is 0.306 e. The molecular formula is C6H10O3. The van der Waals surface area contributed by atoms with E-state index in [4.69, 9.17) is 9.84 Å². The molecule has 1 N–H and O–H groups in total. The SMILES string of the molecule is COCC1CC1C(=O)O. The second kappa shape index (κ2) is 2.35. The van der Waals surface area contributed by atoms with E-state index in [1.807, 2.05) is 0 Å². The van der Waals surface area contributed by atoms with Gasteiger partial charge in [-0.1, -0.05) is 0 Å². The fourth-order valence-electron chi connectivity index (χ4n) is 0.948. The first-order chi connectivity index (χ1) is 4.25. The monoisotopic (exact) mass is 130 g/mol. The highest BCUT2D eigenvalue weighted by molar-refractivity contribution is 5.73. The summed E-state index contributed by atoms with van der Waals surface area (Å²) < 4.78 is 4.78. The number of hydrogen-bond donors (Lipinski definition) is 1. The molecule has 1 fully saturated rings. The minimum Gasteiger partial charge on any atom is -0.481 e. The van der Waals surface area contributed by atoms with E-state index < -0.39 is 5.97 Å². The lowest BCUT2D eigenvalue weighted by atomic mass is 10.3. The van der Waals surface area contributed by atoms with Crippen LogP contribution < -0.4 is 0 Å². The second-order valence-corrected chi connectivity index (χ2v) is 2.40. The van der Waals surface area contributed by atoms with Crippen molar-refractivity contribution in [1.82, 2.24) is 0 Å². The summed E-state index contributed by atoms with van der Waals surface area (Å²) in [6.45, 7) is 0.594. The summed E-state index contributed by atoms with van der Waals surface area (Å²) in [5.41, 5.74) is 0. The molecule has 0 bridgehead atoms. The molecule has 0 saturated heterocycles. The van der Waals surface area contributed by atoms with Crippen LogP contribution in [0.2, 0.25) is 0 Å². The van der Waals surface area contributed by atoms with Crippen LogP contribution in [0.25, 0.3) is 0 Å². The molecule has 0 aromatic rings. The maximum atomic E-state index is 10.2. The Hall–Kier alpha value is -0.570. The molecule has 0 radical (unpaired) electrons. The predicted octanol–water partition coefficient (Wildman–Crippen LogP) is 0.354. The molecular weight excluding hydrogens is 120 g/mol. The summed E-state index contributed by atoms with van der Waals surface area (Å²) in [5, 5.41) is 8.39. The van der Waals surface area contributed by atoms with E-state index in [0.29, 0.717) is 6.61 Å². The first-order valence-corrected chi connectivity index (χ1v) is 2.97. The van der Waals surface area contributed by atoms with Gasteiger partial charge in [0.25, 0.3) is 0 Å². The van der Waals surface area contributed by atoms with Gasteiger partial charge in [-0.05, 0) is 12.3 Å². The summed E-state index contributed by atoms with van der Waals surface area (Å²) in [4.78, 5) is 10.2. The third-order valence-corrected chi connectivity index (χ3v) is 1.62. The summed E-state index contributed by atoms with van der Waals surface area (Å²) in [7, 11) is 1.59. The van der Waals surface area contributed by atoms with Crippen molar-refractivity contribution >= 4 is 5.97 Å². The first kappa shape index (κ1) is 6.55. The smallest absolute Gasteiger partial charge is 0.306 e. The van der Waals surface area contributed by atoms with Crippen molar-refractivity contribution in [2.75, 3.05) is 13.7 Å². The van der Waals surface area contributed by atoms with Crippen LogP contribution in [0.15, 0.2) is 0 Å². The lowest BCUT2D eigenvalue weighted by Crippen LogP contribution is -2.02. The summed E-state index contributed by atoms with van der Waals surface area (Å²) in [5.74, 6) is -0.519. The predicted molar refractivity (Wildman–Crippen MR) is 31.1 cm³/mol. The number of carboxylic acid groups (broad SMARTS) is 1. The van der Waals surface area contributed by atoms with E-state index in [2.05, 4.69) is 0 Å². The van der Waals surface area contributed by atoms with Gasteiger partial charge in [-0.3, -0.25) is 4.79 Å². The van der Waals surface area contributed by atoms with E-state index in [1.54, 1.807) is 7.11 Å². The number of hydrogen-bond acceptors (Lipinski definition) is 2. The number of aliphatic carboxylic acids is 1. The molecule has 0 aromatic heterocycles. The molecule has 1 aliphatic rings. The van der Waals surface area contributed by atoms with E-state index in [9.17, 15) is 4.79 Å². The summed E-state index contributed by atoms with van der Waals surface area (Å²) in [6, 6.07) is 0. The van der Waals surface area contributed by atoms with Crippen LogP contribution >= 0.6 is 0 Å². The molecule has 0 amide bonds. The van der Waals surface area contributed by atoms with E-state index >= 15 is 0 Å². The Morgan fingerprint density at radius 2 is 2.56 bits per heavy atom. The van der Waals surface area contributed by atoms with Gasteiger partial charge in [0.2, 0.25) is 0 Å². The standard InChI is InChI=1S/C6H10O3/c1-9-3-4-2-5(4)6(7)8/h4-5H,2-3H2,1H3,(H,7,8). The van der Waals surface area contributed by atoms with Crippen LogP contribution in [0, 0.1) is 11.8 Å². The molecule has 52 valence electrons. The molecule has 1 saturated carbocycles. The second-order valence-electron chi connectivity index (χ2n) is 2.40. The van der Waals surface area contributed by atoms with Crippen molar-refractivity contribution in [2.24, 2.45) is 11.8 Å². The van der Waals surface area contributed by atoms with Crippen LogP contribution in [0.5, 0.6) is 0 Å². The Morgan fingerprint density at radius 1 is 1.89 bits per heavy atom. The molecule has 9 heavy (non-hydrogen) atoms. The van der Waals surface area contributed by atoms with Crippen LogP contribution in [0.1, 0.15) is 6.42 Å². The van der Waals surface area contributed by atoms with E-state index in [0.717, 1.165) is 6.42 Å². The molecule has 3 heteroatoms. The van der Waals surface area contributed by atoms with Crippen LogP contribution in [0.3, 0.4) is 0 Å². The Kier molecular flexibility index (Phi) is 1.71. The maximum absolute atomic E-state index is 10.2. The lowest BCUT2D eigenvalue weighted by molar-refractivity contribution is -0.139. The molecule has 0 spiro atoms. The number of carbonyl (C=O) groups is 1. The van der Waals surface area contributed by atoms with Gasteiger partial charge in [-0.2, -0.15) is 0 Å². The Bertz CT molecular complexity index is 121. The highest BCUT2D eigenvalue weighted by atomic mass is 16.5. The van der Waals surface area contributed by atoms with Crippen LogP contribution in [-0.4, -0.2) is 24.8 Å².